The van der Waals surface area contributed by atoms with Gasteiger partial charge in [0.25, 0.3) is 0 Å². The summed E-state index contributed by atoms with van der Waals surface area (Å²) >= 11 is 10.9. The largest absolute Gasteiger partial charge is 0.229 e. The van der Waals surface area contributed by atoms with Gasteiger partial charge in [-0.15, -0.1) is 11.8 Å². The van der Waals surface area contributed by atoms with Gasteiger partial charge in [0.05, 0.1) is 4.47 Å². The second-order valence-corrected chi connectivity index (χ2v) is 5.15. The summed E-state index contributed by atoms with van der Waals surface area (Å²) in [6.07, 6.45) is 1.48. The summed E-state index contributed by atoms with van der Waals surface area (Å²) in [5.41, 5.74) is 0. The predicted octanol–water partition coefficient (Wildman–Crippen LogP) is 3.64. The number of hydrogen-bond acceptors (Lipinski definition) is 3. The van der Waals surface area contributed by atoms with Crippen LogP contribution in [0.4, 0.5) is 0 Å². The normalized spacial score (nSPS) is 10.8. The third-order valence-electron chi connectivity index (χ3n) is 1.27. The van der Waals surface area contributed by atoms with Crippen LogP contribution in [0.2, 0.25) is 5.15 Å². The van der Waals surface area contributed by atoms with Crippen molar-refractivity contribution in [3.8, 4) is 0 Å². The average molecular weight is 282 g/mol. The van der Waals surface area contributed by atoms with Crippen LogP contribution in [0.5, 0.6) is 0 Å². The van der Waals surface area contributed by atoms with E-state index in [0.29, 0.717) is 11.1 Å². The molecular formula is C8H10BrClN2S. The molecule has 1 rings (SSSR count). The predicted molar refractivity (Wildman–Crippen MR) is 60.3 cm³/mol. The number of thioether (sulfide) groups is 1. The summed E-state index contributed by atoms with van der Waals surface area (Å²) in [5.74, 6) is 1.68. The Hall–Kier alpha value is 0.200. The first-order valence-electron chi connectivity index (χ1n) is 3.90. The van der Waals surface area contributed by atoms with Crippen molar-refractivity contribution in [2.75, 3.05) is 5.75 Å². The molecule has 1 aromatic rings. The van der Waals surface area contributed by atoms with Crippen molar-refractivity contribution >= 4 is 39.3 Å². The Morgan fingerprint density at radius 2 is 2.23 bits per heavy atom. The van der Waals surface area contributed by atoms with Gasteiger partial charge >= 0.3 is 0 Å². The monoisotopic (exact) mass is 280 g/mol. The Morgan fingerprint density at radius 3 is 2.85 bits per heavy atom. The minimum atomic E-state index is 0.473. The van der Waals surface area contributed by atoms with Gasteiger partial charge in [0.1, 0.15) is 16.5 Å². The third kappa shape index (κ3) is 3.44. The number of hydrogen-bond donors (Lipinski definition) is 0. The van der Waals surface area contributed by atoms with Gasteiger partial charge in [0, 0.05) is 5.75 Å². The van der Waals surface area contributed by atoms with E-state index in [1.54, 1.807) is 11.8 Å². The van der Waals surface area contributed by atoms with Crippen molar-refractivity contribution in [3.05, 3.63) is 16.0 Å². The van der Waals surface area contributed by atoms with E-state index in [9.17, 15) is 0 Å². The molecule has 0 N–H and O–H groups in total. The lowest BCUT2D eigenvalue weighted by molar-refractivity contribution is 0.749. The van der Waals surface area contributed by atoms with Crippen LogP contribution in [0, 0.1) is 5.92 Å². The first-order chi connectivity index (χ1) is 6.11. The third-order valence-corrected chi connectivity index (χ3v) is 4.21. The number of nitrogens with zero attached hydrogens (tertiary/aromatic N) is 2. The molecule has 1 heterocycles. The molecule has 5 heteroatoms. The van der Waals surface area contributed by atoms with Gasteiger partial charge in [0.15, 0.2) is 0 Å². The van der Waals surface area contributed by atoms with Crippen LogP contribution < -0.4 is 0 Å². The quantitative estimate of drug-likeness (QED) is 0.625. The lowest BCUT2D eigenvalue weighted by atomic mass is 10.3. The fraction of sp³-hybridized carbons (Fsp3) is 0.500. The van der Waals surface area contributed by atoms with E-state index in [2.05, 4.69) is 39.7 Å². The molecule has 0 amide bonds. The Morgan fingerprint density at radius 1 is 1.54 bits per heavy atom. The summed E-state index contributed by atoms with van der Waals surface area (Å²) in [7, 11) is 0. The zero-order valence-electron chi connectivity index (χ0n) is 7.42. The van der Waals surface area contributed by atoms with Crippen LogP contribution in [0.1, 0.15) is 13.8 Å². The highest BCUT2D eigenvalue weighted by Gasteiger charge is 2.07. The molecule has 0 unspecified atom stereocenters. The molecule has 72 valence electrons. The second kappa shape index (κ2) is 5.17. The minimum Gasteiger partial charge on any atom is -0.229 e. The zero-order chi connectivity index (χ0) is 9.84. The topological polar surface area (TPSA) is 25.8 Å². The van der Waals surface area contributed by atoms with Crippen LogP contribution in [-0.2, 0) is 0 Å². The van der Waals surface area contributed by atoms with Crippen LogP contribution >= 0.6 is 39.3 Å². The van der Waals surface area contributed by atoms with E-state index in [1.165, 1.54) is 6.33 Å². The molecule has 0 aliphatic rings. The summed E-state index contributed by atoms with van der Waals surface area (Å²) in [6, 6.07) is 0. The highest BCUT2D eigenvalue weighted by Crippen LogP contribution is 2.30. The van der Waals surface area contributed by atoms with Crippen LogP contribution in [-0.4, -0.2) is 15.7 Å². The minimum absolute atomic E-state index is 0.473. The second-order valence-electron chi connectivity index (χ2n) is 2.99. The van der Waals surface area contributed by atoms with Crippen LogP contribution in [0.25, 0.3) is 0 Å². The van der Waals surface area contributed by atoms with Crippen molar-refractivity contribution in [3.63, 3.8) is 0 Å². The van der Waals surface area contributed by atoms with Crippen molar-refractivity contribution < 1.29 is 0 Å². The molecule has 13 heavy (non-hydrogen) atoms. The Kier molecular flexibility index (Phi) is 4.49. The fourth-order valence-corrected chi connectivity index (χ4v) is 2.25. The maximum atomic E-state index is 5.82. The van der Waals surface area contributed by atoms with Crippen molar-refractivity contribution in [2.45, 2.75) is 18.9 Å². The maximum Gasteiger partial charge on any atom is 0.147 e. The molecule has 0 fully saturated rings. The first kappa shape index (κ1) is 11.3. The Bertz CT molecular complexity index is 293. The summed E-state index contributed by atoms with van der Waals surface area (Å²) in [6.45, 7) is 4.34. The van der Waals surface area contributed by atoms with Crippen molar-refractivity contribution in [2.24, 2.45) is 5.92 Å². The van der Waals surface area contributed by atoms with Crippen molar-refractivity contribution in [1.82, 2.24) is 9.97 Å². The number of rotatable bonds is 3. The summed E-state index contributed by atoms with van der Waals surface area (Å²) in [5, 5.41) is 1.38. The van der Waals surface area contributed by atoms with E-state index >= 15 is 0 Å². The molecule has 0 aliphatic heterocycles. The zero-order valence-corrected chi connectivity index (χ0v) is 10.6. The van der Waals surface area contributed by atoms with Crippen LogP contribution in [0.3, 0.4) is 0 Å². The van der Waals surface area contributed by atoms with Gasteiger partial charge in [-0.3, -0.25) is 0 Å². The van der Waals surface area contributed by atoms with E-state index in [4.69, 9.17) is 11.6 Å². The molecule has 0 radical (unpaired) electrons. The van der Waals surface area contributed by atoms with Crippen molar-refractivity contribution in [1.29, 1.82) is 0 Å². The van der Waals surface area contributed by atoms with Gasteiger partial charge < -0.3 is 0 Å². The molecule has 0 saturated heterocycles. The van der Waals surface area contributed by atoms with E-state index in [1.807, 2.05) is 0 Å². The standard InChI is InChI=1S/C8H10BrClN2S/c1-5(2)3-13-8-6(9)7(10)11-4-12-8/h4-5H,3H2,1-2H3. The molecular weight excluding hydrogens is 272 g/mol. The lowest BCUT2D eigenvalue weighted by Gasteiger charge is -2.05. The SMILES string of the molecule is CC(C)CSc1ncnc(Cl)c1Br. The fourth-order valence-electron chi connectivity index (χ4n) is 0.680. The van der Waals surface area contributed by atoms with Gasteiger partial charge in [-0.2, -0.15) is 0 Å². The highest BCUT2D eigenvalue weighted by atomic mass is 79.9. The number of halogens is 2. The van der Waals surface area contributed by atoms with E-state index < -0.39 is 0 Å². The Balaban J connectivity index is 2.71. The van der Waals surface area contributed by atoms with E-state index in [-0.39, 0.29) is 0 Å². The van der Waals surface area contributed by atoms with Crippen LogP contribution in [0.15, 0.2) is 15.8 Å². The van der Waals surface area contributed by atoms with Gasteiger partial charge in [-0.05, 0) is 21.8 Å². The Labute approximate surface area is 95.6 Å². The summed E-state index contributed by atoms with van der Waals surface area (Å²) in [4.78, 5) is 7.99. The van der Waals surface area contributed by atoms with Gasteiger partial charge in [-0.1, -0.05) is 25.4 Å². The molecule has 0 bridgehead atoms. The molecule has 1 aromatic heterocycles. The van der Waals surface area contributed by atoms with E-state index in [0.717, 1.165) is 15.3 Å². The highest BCUT2D eigenvalue weighted by molar-refractivity contribution is 9.10. The number of aromatic nitrogens is 2. The van der Waals surface area contributed by atoms with Gasteiger partial charge in [0.2, 0.25) is 0 Å². The molecule has 0 aromatic carbocycles. The molecule has 0 aliphatic carbocycles. The lowest BCUT2D eigenvalue weighted by Crippen LogP contribution is -1.93. The first-order valence-corrected chi connectivity index (χ1v) is 6.05. The summed E-state index contributed by atoms with van der Waals surface area (Å²) < 4.78 is 0.794. The molecule has 0 saturated carbocycles. The maximum absolute atomic E-state index is 5.82. The smallest absolute Gasteiger partial charge is 0.147 e. The van der Waals surface area contributed by atoms with Gasteiger partial charge in [-0.25, -0.2) is 9.97 Å². The molecule has 2 nitrogen and oxygen atoms in total. The molecule has 0 spiro atoms. The average Bonchev–Trinajstić information content (AvgIpc) is 2.07. The molecule has 0 atom stereocenters.